The van der Waals surface area contributed by atoms with Crippen LogP contribution >= 0.6 is 0 Å². The SMILES string of the molecule is CCCN(CC(=O)Nc1ccon1)S(=O)(=O)c1c(C)cc(C)cc1C. The van der Waals surface area contributed by atoms with Crippen LogP contribution in [0.5, 0.6) is 0 Å². The van der Waals surface area contributed by atoms with Crippen molar-refractivity contribution >= 4 is 21.7 Å². The van der Waals surface area contributed by atoms with E-state index in [1.54, 1.807) is 13.8 Å². The zero-order chi connectivity index (χ0) is 18.6. The summed E-state index contributed by atoms with van der Waals surface area (Å²) in [5.74, 6) is -0.213. The Balaban J connectivity index is 2.30. The van der Waals surface area contributed by atoms with Gasteiger partial charge in [0.25, 0.3) is 0 Å². The molecule has 2 aromatic rings. The molecule has 1 amide bonds. The Labute approximate surface area is 148 Å². The third kappa shape index (κ3) is 4.46. The first kappa shape index (κ1) is 19.1. The molecule has 0 saturated carbocycles. The highest BCUT2D eigenvalue weighted by molar-refractivity contribution is 7.89. The molecule has 1 aromatic heterocycles. The van der Waals surface area contributed by atoms with Crippen molar-refractivity contribution in [2.45, 2.75) is 39.0 Å². The van der Waals surface area contributed by atoms with Gasteiger partial charge in [-0.2, -0.15) is 4.31 Å². The third-order valence-electron chi connectivity index (χ3n) is 3.70. The van der Waals surface area contributed by atoms with E-state index in [1.807, 2.05) is 26.0 Å². The number of amides is 1. The van der Waals surface area contributed by atoms with Gasteiger partial charge in [-0.3, -0.25) is 4.79 Å². The minimum absolute atomic E-state index is 0.251. The number of aromatic nitrogens is 1. The fourth-order valence-electron chi connectivity index (χ4n) is 2.86. The number of aryl methyl sites for hydroxylation is 3. The summed E-state index contributed by atoms with van der Waals surface area (Å²) in [5.41, 5.74) is 2.35. The van der Waals surface area contributed by atoms with E-state index in [4.69, 9.17) is 0 Å². The standard InChI is InChI=1S/C17H23N3O4S/c1-5-7-20(11-16(21)18-15-6-8-24-19-15)25(22,23)17-13(3)9-12(2)10-14(17)4/h6,8-10H,5,7,11H2,1-4H3,(H,18,19,21). The van der Waals surface area contributed by atoms with Gasteiger partial charge in [-0.1, -0.05) is 29.8 Å². The average molecular weight is 365 g/mol. The summed E-state index contributed by atoms with van der Waals surface area (Å²) in [7, 11) is -3.79. The first-order valence-electron chi connectivity index (χ1n) is 8.04. The minimum atomic E-state index is -3.79. The molecular formula is C17H23N3O4S. The Bertz CT molecular complexity index is 822. The summed E-state index contributed by atoms with van der Waals surface area (Å²) in [6, 6.07) is 5.16. The van der Waals surface area contributed by atoms with Gasteiger partial charge in [0.1, 0.15) is 6.26 Å². The van der Waals surface area contributed by atoms with Crippen LogP contribution in [0.25, 0.3) is 0 Å². The molecule has 0 fully saturated rings. The molecule has 25 heavy (non-hydrogen) atoms. The van der Waals surface area contributed by atoms with E-state index in [1.165, 1.54) is 16.6 Å². The summed E-state index contributed by atoms with van der Waals surface area (Å²) < 4.78 is 32.1. The number of carbonyl (C=O) groups is 1. The van der Waals surface area contributed by atoms with E-state index in [-0.39, 0.29) is 23.8 Å². The Kier molecular flexibility index (Phi) is 5.97. The van der Waals surface area contributed by atoms with Crippen molar-refractivity contribution in [3.05, 3.63) is 41.2 Å². The Hall–Kier alpha value is -2.19. The zero-order valence-electron chi connectivity index (χ0n) is 14.9. The lowest BCUT2D eigenvalue weighted by Crippen LogP contribution is -2.39. The second-order valence-electron chi connectivity index (χ2n) is 6.00. The summed E-state index contributed by atoms with van der Waals surface area (Å²) >= 11 is 0. The highest BCUT2D eigenvalue weighted by Gasteiger charge is 2.29. The molecule has 1 heterocycles. The number of nitrogens with zero attached hydrogens (tertiary/aromatic N) is 2. The van der Waals surface area contributed by atoms with E-state index >= 15 is 0 Å². The second kappa shape index (κ2) is 7.79. The van der Waals surface area contributed by atoms with Gasteiger partial charge >= 0.3 is 0 Å². The Morgan fingerprint density at radius 3 is 2.40 bits per heavy atom. The minimum Gasteiger partial charge on any atom is -0.363 e. The van der Waals surface area contributed by atoms with Crippen LogP contribution in [0.3, 0.4) is 0 Å². The lowest BCUT2D eigenvalue weighted by Gasteiger charge is -2.23. The van der Waals surface area contributed by atoms with E-state index in [0.29, 0.717) is 17.5 Å². The van der Waals surface area contributed by atoms with Crippen LogP contribution in [0, 0.1) is 20.8 Å². The van der Waals surface area contributed by atoms with Crippen molar-refractivity contribution in [3.8, 4) is 0 Å². The predicted molar refractivity (Wildman–Crippen MR) is 94.8 cm³/mol. The lowest BCUT2D eigenvalue weighted by molar-refractivity contribution is -0.116. The predicted octanol–water partition coefficient (Wildman–Crippen LogP) is 2.64. The normalized spacial score (nSPS) is 11.7. The number of anilines is 1. The van der Waals surface area contributed by atoms with Crippen LogP contribution in [-0.4, -0.2) is 36.9 Å². The van der Waals surface area contributed by atoms with E-state index < -0.39 is 15.9 Å². The van der Waals surface area contributed by atoms with E-state index in [0.717, 1.165) is 5.56 Å². The van der Waals surface area contributed by atoms with Gasteiger partial charge in [0, 0.05) is 12.6 Å². The molecule has 1 aromatic carbocycles. The van der Waals surface area contributed by atoms with Gasteiger partial charge in [0.05, 0.1) is 11.4 Å². The largest absolute Gasteiger partial charge is 0.363 e. The molecule has 0 spiro atoms. The topological polar surface area (TPSA) is 92.5 Å². The van der Waals surface area contributed by atoms with Gasteiger partial charge in [-0.05, 0) is 38.3 Å². The molecular weight excluding hydrogens is 342 g/mol. The molecule has 0 atom stereocenters. The fraction of sp³-hybridized carbons (Fsp3) is 0.412. The van der Waals surface area contributed by atoms with Crippen molar-refractivity contribution in [3.63, 3.8) is 0 Å². The number of hydrogen-bond acceptors (Lipinski definition) is 5. The van der Waals surface area contributed by atoms with Crippen LogP contribution < -0.4 is 5.32 Å². The van der Waals surface area contributed by atoms with Crippen molar-refractivity contribution in [2.24, 2.45) is 0 Å². The summed E-state index contributed by atoms with van der Waals surface area (Å²) in [6.45, 7) is 7.30. The molecule has 0 aliphatic rings. The molecule has 0 aliphatic heterocycles. The van der Waals surface area contributed by atoms with Crippen molar-refractivity contribution in [2.75, 3.05) is 18.4 Å². The molecule has 0 bridgehead atoms. The summed E-state index contributed by atoms with van der Waals surface area (Å²) in [6.07, 6.45) is 1.93. The van der Waals surface area contributed by atoms with Crippen molar-refractivity contribution in [1.82, 2.24) is 9.46 Å². The van der Waals surface area contributed by atoms with Gasteiger partial charge in [0.2, 0.25) is 15.9 Å². The molecule has 7 nitrogen and oxygen atoms in total. The number of sulfonamides is 1. The molecule has 0 radical (unpaired) electrons. The maximum atomic E-state index is 13.1. The molecule has 2 rings (SSSR count). The zero-order valence-corrected chi connectivity index (χ0v) is 15.7. The Morgan fingerprint density at radius 1 is 1.24 bits per heavy atom. The first-order valence-corrected chi connectivity index (χ1v) is 9.48. The molecule has 0 aliphatic carbocycles. The van der Waals surface area contributed by atoms with Gasteiger partial charge < -0.3 is 9.84 Å². The fourth-order valence-corrected chi connectivity index (χ4v) is 4.76. The maximum absolute atomic E-state index is 13.1. The van der Waals surface area contributed by atoms with Gasteiger partial charge in [-0.25, -0.2) is 8.42 Å². The van der Waals surface area contributed by atoms with Crippen molar-refractivity contribution in [1.29, 1.82) is 0 Å². The highest BCUT2D eigenvalue weighted by Crippen LogP contribution is 2.25. The van der Waals surface area contributed by atoms with E-state index in [9.17, 15) is 13.2 Å². The maximum Gasteiger partial charge on any atom is 0.244 e. The highest BCUT2D eigenvalue weighted by atomic mass is 32.2. The van der Waals surface area contributed by atoms with Crippen LogP contribution in [-0.2, 0) is 14.8 Å². The summed E-state index contributed by atoms with van der Waals surface area (Å²) in [4.78, 5) is 12.5. The molecule has 0 unspecified atom stereocenters. The Morgan fingerprint density at radius 2 is 1.88 bits per heavy atom. The summed E-state index contributed by atoms with van der Waals surface area (Å²) in [5, 5.41) is 6.12. The lowest BCUT2D eigenvalue weighted by atomic mass is 10.1. The van der Waals surface area contributed by atoms with E-state index in [2.05, 4.69) is 15.0 Å². The molecule has 1 N–H and O–H groups in total. The molecule has 136 valence electrons. The van der Waals surface area contributed by atoms with Crippen LogP contribution in [0.4, 0.5) is 5.82 Å². The smallest absolute Gasteiger partial charge is 0.244 e. The number of hydrogen-bond donors (Lipinski definition) is 1. The number of benzene rings is 1. The molecule has 8 heteroatoms. The number of carbonyl (C=O) groups excluding carboxylic acids is 1. The quantitative estimate of drug-likeness (QED) is 0.814. The van der Waals surface area contributed by atoms with Gasteiger partial charge in [0.15, 0.2) is 5.82 Å². The second-order valence-corrected chi connectivity index (χ2v) is 7.87. The van der Waals surface area contributed by atoms with Crippen LogP contribution in [0.2, 0.25) is 0 Å². The van der Waals surface area contributed by atoms with Crippen LogP contribution in [0.1, 0.15) is 30.0 Å². The monoisotopic (exact) mass is 365 g/mol. The van der Waals surface area contributed by atoms with Crippen LogP contribution in [0.15, 0.2) is 33.9 Å². The molecule has 0 saturated heterocycles. The first-order chi connectivity index (χ1) is 11.8. The number of rotatable bonds is 7. The van der Waals surface area contributed by atoms with Crippen molar-refractivity contribution < 1.29 is 17.7 Å². The average Bonchev–Trinajstić information content (AvgIpc) is 2.98. The third-order valence-corrected chi connectivity index (χ3v) is 5.85. The number of nitrogens with one attached hydrogen (secondary N) is 1. The van der Waals surface area contributed by atoms with Gasteiger partial charge in [-0.15, -0.1) is 0 Å².